The molecule has 8 heteroatoms. The molecule has 0 radical (unpaired) electrons. The summed E-state index contributed by atoms with van der Waals surface area (Å²) < 4.78 is 59.2. The van der Waals surface area contributed by atoms with Crippen LogP contribution in [0.3, 0.4) is 0 Å². The predicted molar refractivity (Wildman–Crippen MR) is 137 cm³/mol. The number of halogens is 6. The molecule has 0 fully saturated rings. The van der Waals surface area contributed by atoms with E-state index >= 15 is 0 Å². The molecule has 0 bridgehead atoms. The van der Waals surface area contributed by atoms with E-state index in [2.05, 4.69) is 27.7 Å². The second-order valence-electron chi connectivity index (χ2n) is 9.28. The van der Waals surface area contributed by atoms with Crippen molar-refractivity contribution >= 4 is 15.1 Å². The molecule has 0 rings (SSSR count). The van der Waals surface area contributed by atoms with Crippen LogP contribution in [0.2, 0.25) is 0 Å². The quantitative estimate of drug-likeness (QED) is 0.0857. The zero-order valence-corrected chi connectivity index (χ0v) is 23.1. The Hall–Kier alpha value is 0.440. The van der Waals surface area contributed by atoms with Crippen molar-refractivity contribution in [1.29, 1.82) is 0 Å². The summed E-state index contributed by atoms with van der Waals surface area (Å²) in [7, 11) is -11.2. The van der Waals surface area contributed by atoms with E-state index in [0.29, 0.717) is 0 Å². The van der Waals surface area contributed by atoms with Crippen LogP contribution in [-0.4, -0.2) is 24.6 Å². The first-order valence-corrected chi connectivity index (χ1v) is 17.7. The van der Waals surface area contributed by atoms with Crippen LogP contribution in [0.25, 0.3) is 0 Å². The molecule has 0 aliphatic heterocycles. The molecule has 0 saturated heterocycles. The third-order valence-electron chi connectivity index (χ3n) is 6.50. The first-order valence-electron chi connectivity index (χ1n) is 13.1. The minimum atomic E-state index is -10.7. The van der Waals surface area contributed by atoms with Gasteiger partial charge in [-0.2, -0.15) is 0 Å². The van der Waals surface area contributed by atoms with Crippen LogP contribution in [0, 0.1) is 0 Å². The summed E-state index contributed by atoms with van der Waals surface area (Å²) in [5.41, 5.74) is 0. The van der Waals surface area contributed by atoms with Crippen molar-refractivity contribution in [2.75, 3.05) is 24.6 Å². The molecule has 0 saturated carbocycles. The summed E-state index contributed by atoms with van der Waals surface area (Å²) >= 11 is 0. The maximum absolute atomic E-state index is 10.7. The van der Waals surface area contributed by atoms with Gasteiger partial charge in [-0.15, -0.1) is 0 Å². The van der Waals surface area contributed by atoms with E-state index in [9.17, 15) is 25.2 Å². The number of hydrogen-bond donors (Lipinski definition) is 0. The molecule has 0 heterocycles. The maximum atomic E-state index is 9.87. The molecule has 200 valence electrons. The van der Waals surface area contributed by atoms with E-state index in [1.54, 1.807) is 6.16 Å². The van der Waals surface area contributed by atoms with Gasteiger partial charge in [0.25, 0.3) is 0 Å². The average Bonchev–Trinajstić information content (AvgIpc) is 2.69. The molecule has 0 unspecified atom stereocenters. The van der Waals surface area contributed by atoms with Gasteiger partial charge in [-0.25, -0.2) is 0 Å². The molecular formula is C24H52F6P2. The van der Waals surface area contributed by atoms with Crippen LogP contribution < -0.4 is 0 Å². The Kier molecular flexibility index (Phi) is 18.3. The fraction of sp³-hybridized carbons (Fsp3) is 1.00. The summed E-state index contributed by atoms with van der Waals surface area (Å²) in [5, 5.41) is 0. The first-order chi connectivity index (χ1) is 14.7. The summed E-state index contributed by atoms with van der Waals surface area (Å²) in [6, 6.07) is 0. The van der Waals surface area contributed by atoms with Crippen molar-refractivity contribution in [3.8, 4) is 0 Å². The number of hydrogen-bond acceptors (Lipinski definition) is 0. The number of rotatable bonds is 20. The predicted octanol–water partition coefficient (Wildman–Crippen LogP) is 12.7. The van der Waals surface area contributed by atoms with E-state index < -0.39 is 15.1 Å². The van der Waals surface area contributed by atoms with Crippen molar-refractivity contribution in [2.45, 2.75) is 130 Å². The molecule has 0 nitrogen and oxygen atoms in total. The van der Waals surface area contributed by atoms with E-state index in [1.807, 2.05) is 0 Å². The Morgan fingerprint density at radius 3 is 0.844 bits per heavy atom. The van der Waals surface area contributed by atoms with Gasteiger partial charge >= 0.3 is 33.0 Å². The van der Waals surface area contributed by atoms with Crippen molar-refractivity contribution < 1.29 is 25.2 Å². The molecule has 0 aliphatic carbocycles. The van der Waals surface area contributed by atoms with Gasteiger partial charge in [-0.05, 0) is 33.6 Å². The van der Waals surface area contributed by atoms with Crippen LogP contribution in [0.4, 0.5) is 25.2 Å². The van der Waals surface area contributed by atoms with Gasteiger partial charge in [0, 0.05) is 7.26 Å². The van der Waals surface area contributed by atoms with Gasteiger partial charge in [0.1, 0.15) is 0 Å². The van der Waals surface area contributed by atoms with E-state index in [4.69, 9.17) is 0 Å². The molecule has 32 heavy (non-hydrogen) atoms. The van der Waals surface area contributed by atoms with Crippen molar-refractivity contribution in [1.82, 2.24) is 0 Å². The Bertz CT molecular complexity index is 399. The van der Waals surface area contributed by atoms with Gasteiger partial charge in [-0.3, -0.25) is 0 Å². The van der Waals surface area contributed by atoms with E-state index in [-0.39, 0.29) is 0 Å². The fourth-order valence-corrected chi connectivity index (χ4v) is 7.33. The van der Waals surface area contributed by atoms with Gasteiger partial charge in [0.2, 0.25) is 0 Å². The molecule has 0 N–H and O–H groups in total. The summed E-state index contributed by atoms with van der Waals surface area (Å²) in [4.78, 5) is 0. The molecule has 0 amide bonds. The second kappa shape index (κ2) is 17.0. The standard InChI is InChI=1S/C24H52P.F6P/c1-5-9-10-11-12-13-14-15-16-17-18-19-20-21-22-23-24-25(6-2,7-3)8-4;1-7(2,3,4,5)6/h5-24H2,1-4H3;/q+1;-1. The SMILES string of the molecule is CCCCCCCCCCCCCCCCCC[P+](CC)(CC)CC.F[P-](F)(F)(F)(F)F. The summed E-state index contributed by atoms with van der Waals surface area (Å²) in [6.07, 6.45) is 29.7. The Morgan fingerprint density at radius 2 is 0.625 bits per heavy atom. The first kappa shape index (κ1) is 34.6. The molecular weight excluding hydrogens is 464 g/mol. The van der Waals surface area contributed by atoms with Crippen LogP contribution in [0.1, 0.15) is 130 Å². The van der Waals surface area contributed by atoms with E-state index in [1.165, 1.54) is 121 Å². The van der Waals surface area contributed by atoms with Crippen LogP contribution in [0.15, 0.2) is 0 Å². The average molecular weight is 517 g/mol. The van der Waals surface area contributed by atoms with Crippen molar-refractivity contribution in [3.63, 3.8) is 0 Å². The third kappa shape index (κ3) is 32.6. The topological polar surface area (TPSA) is 0 Å². The zero-order chi connectivity index (χ0) is 25.1. The van der Waals surface area contributed by atoms with Crippen LogP contribution >= 0.6 is 15.1 Å². The molecule has 0 spiro atoms. The van der Waals surface area contributed by atoms with Crippen molar-refractivity contribution in [2.24, 2.45) is 0 Å². The summed E-state index contributed by atoms with van der Waals surface area (Å²) in [6.45, 7) is 9.62. The number of unbranched alkanes of at least 4 members (excludes halogenated alkanes) is 15. The summed E-state index contributed by atoms with van der Waals surface area (Å²) in [5.74, 6) is 0. The molecule has 0 aromatic carbocycles. The van der Waals surface area contributed by atoms with E-state index in [0.717, 1.165) is 0 Å². The monoisotopic (exact) mass is 516 g/mol. The zero-order valence-electron chi connectivity index (χ0n) is 21.3. The Morgan fingerprint density at radius 1 is 0.406 bits per heavy atom. The molecule has 0 aliphatic rings. The minimum absolute atomic E-state index is 0.527. The van der Waals surface area contributed by atoms with Gasteiger partial charge in [-0.1, -0.05) is 96.8 Å². The molecule has 0 aromatic heterocycles. The molecule has 0 atom stereocenters. The second-order valence-corrected chi connectivity index (χ2v) is 16.2. The van der Waals surface area contributed by atoms with Gasteiger partial charge in [0.15, 0.2) is 0 Å². The van der Waals surface area contributed by atoms with Crippen molar-refractivity contribution in [3.05, 3.63) is 0 Å². The Balaban J connectivity index is 0. The van der Waals surface area contributed by atoms with Gasteiger partial charge in [0.05, 0.1) is 24.6 Å². The third-order valence-corrected chi connectivity index (χ3v) is 11.8. The normalized spacial score (nSPS) is 14.4. The van der Waals surface area contributed by atoms with Crippen LogP contribution in [-0.2, 0) is 0 Å². The molecule has 0 aromatic rings. The van der Waals surface area contributed by atoms with Gasteiger partial charge < -0.3 is 0 Å². The Labute approximate surface area is 195 Å². The fourth-order valence-electron chi connectivity index (χ4n) is 4.14. The van der Waals surface area contributed by atoms with Crippen LogP contribution in [0.5, 0.6) is 0 Å².